The minimum Gasteiger partial charge on any atom is -1.00 e. The van der Waals surface area contributed by atoms with E-state index in [1.807, 2.05) is 0 Å². The van der Waals surface area contributed by atoms with Crippen LogP contribution in [0.15, 0.2) is 5.34 Å². The van der Waals surface area contributed by atoms with Crippen LogP contribution in [-0.2, 0) is 4.76 Å². The summed E-state index contributed by atoms with van der Waals surface area (Å²) in [7, 11) is 4.05. The van der Waals surface area contributed by atoms with Gasteiger partial charge in [-0.3, -0.25) is 0 Å². The topological polar surface area (TPSA) is 38.7 Å². The summed E-state index contributed by atoms with van der Waals surface area (Å²) >= 11 is 0. The van der Waals surface area contributed by atoms with Gasteiger partial charge in [0, 0.05) is 0 Å². The molecule has 0 saturated carbocycles. The molecular formula is HBLiNO2. The first-order valence-electron chi connectivity index (χ1n) is 0.601. The maximum Gasteiger partial charge on any atom is 1.00 e. The number of nitrogens with zero attached hydrogens (tertiary/aromatic N) is 1. The van der Waals surface area contributed by atoms with Crippen LogP contribution in [0.5, 0.6) is 0 Å². The van der Waals surface area contributed by atoms with Crippen molar-refractivity contribution in [3.05, 3.63) is 4.91 Å². The molecule has 22 valence electrons. The Kier molecular flexibility index (Phi) is 16.0. The van der Waals surface area contributed by atoms with E-state index < -0.39 is 0 Å². The fourth-order valence-electron chi connectivity index (χ4n) is 0. The first-order valence-corrected chi connectivity index (χ1v) is 0.601. The van der Waals surface area contributed by atoms with Crippen molar-refractivity contribution in [1.82, 2.24) is 0 Å². The predicted molar refractivity (Wildman–Crippen MR) is 13.7 cm³/mol. The Bertz CT molecular complexity index is 27.5. The molecule has 5 heavy (non-hydrogen) atoms. The van der Waals surface area contributed by atoms with Crippen molar-refractivity contribution in [3.63, 3.8) is 0 Å². The van der Waals surface area contributed by atoms with Crippen molar-refractivity contribution < 1.29 is 25.0 Å². The quantitative estimate of drug-likeness (QED) is 0.184. The van der Waals surface area contributed by atoms with Gasteiger partial charge in [0.1, 0.15) is 5.34 Å². The predicted octanol–water partition coefficient (Wildman–Crippen LogP) is -3.12. The van der Waals surface area contributed by atoms with Crippen LogP contribution in [0.2, 0.25) is 0 Å². The molecule has 0 aliphatic carbocycles. The second kappa shape index (κ2) is 8.96. The molecule has 0 bridgehead atoms. The Hall–Kier alpha value is 0.0623. The molecule has 0 spiro atoms. The van der Waals surface area contributed by atoms with Crippen molar-refractivity contribution in [1.29, 1.82) is 0 Å². The minimum absolute atomic E-state index is 0. The summed E-state index contributed by atoms with van der Waals surface area (Å²) in [5.41, 5.74) is 0. The molecule has 0 aromatic rings. The maximum atomic E-state index is 8.58. The van der Waals surface area contributed by atoms with E-state index in [9.17, 15) is 0 Å². The Labute approximate surface area is 44.1 Å². The molecule has 0 atom stereocenters. The molecule has 0 heterocycles. The van der Waals surface area contributed by atoms with Gasteiger partial charge in [0.2, 0.25) is 0 Å². The summed E-state index contributed by atoms with van der Waals surface area (Å²) in [5, 5.41) is 1.76. The first-order chi connectivity index (χ1) is 1.91. The van der Waals surface area contributed by atoms with Gasteiger partial charge in [-0.25, -0.2) is 0 Å². The summed E-state index contributed by atoms with van der Waals surface area (Å²) in [4.78, 5) is 8.58. The molecule has 0 aliphatic heterocycles. The molecular weight excluding hydrogens is 63.8 g/mol. The number of hydrogen-bond donors (Lipinski definition) is 0. The van der Waals surface area contributed by atoms with Gasteiger partial charge < -0.3 is 6.18 Å². The van der Waals surface area contributed by atoms with Crippen LogP contribution in [0.3, 0.4) is 0 Å². The average Bonchev–Trinajstić information content (AvgIpc) is 1.37. The smallest absolute Gasteiger partial charge is 1.00 e. The Morgan fingerprint density at radius 2 is 2.20 bits per heavy atom. The molecule has 2 radical (unpaired) electrons. The Balaban J connectivity index is -0.0000000450. The molecule has 0 unspecified atom stereocenters. The standard InChI is InChI=1S/BNO2.Li.H/c1-4-2-3;;/q;+1;-1. The zero-order valence-corrected chi connectivity index (χ0v) is 2.84. The third-order valence-corrected chi connectivity index (χ3v) is 0.0430. The van der Waals surface area contributed by atoms with E-state index in [1.54, 1.807) is 5.34 Å². The van der Waals surface area contributed by atoms with E-state index in [1.165, 1.54) is 0 Å². The summed E-state index contributed by atoms with van der Waals surface area (Å²) in [6, 6.07) is 0. The largest absolute Gasteiger partial charge is 1.00 e. The van der Waals surface area contributed by atoms with Crippen LogP contribution in [-0.4, -0.2) is 8.05 Å². The average molecular weight is 64.8 g/mol. The molecule has 0 rings (SSSR count). The summed E-state index contributed by atoms with van der Waals surface area (Å²) in [5.74, 6) is 0. The van der Waals surface area contributed by atoms with E-state index in [2.05, 4.69) is 12.8 Å². The van der Waals surface area contributed by atoms with Gasteiger partial charge in [-0.1, -0.05) is 0 Å². The first kappa shape index (κ1) is 8.91. The summed E-state index contributed by atoms with van der Waals surface area (Å²) in [6.07, 6.45) is 0. The molecule has 0 aliphatic rings. The fraction of sp³-hybridized carbons (Fsp3) is 0. The monoisotopic (exact) mass is 65.0 g/mol. The molecule has 0 saturated heterocycles. The van der Waals surface area contributed by atoms with E-state index in [0.717, 1.165) is 0 Å². The van der Waals surface area contributed by atoms with Crippen LogP contribution in [0.4, 0.5) is 0 Å². The Morgan fingerprint density at radius 1 is 2.00 bits per heavy atom. The van der Waals surface area contributed by atoms with Gasteiger partial charge in [-0.15, -0.1) is 4.91 Å². The third-order valence-electron chi connectivity index (χ3n) is 0.0430. The van der Waals surface area contributed by atoms with E-state index in [-0.39, 0.29) is 20.3 Å². The third kappa shape index (κ3) is 15.3. The minimum atomic E-state index is 0. The van der Waals surface area contributed by atoms with Crippen molar-refractivity contribution in [2.45, 2.75) is 0 Å². The normalized spacial score (nSPS) is 4.00. The van der Waals surface area contributed by atoms with Gasteiger partial charge in [0.05, 0.1) is 0 Å². The van der Waals surface area contributed by atoms with Gasteiger partial charge in [-0.05, 0) is 0 Å². The van der Waals surface area contributed by atoms with Crippen LogP contribution in [0.1, 0.15) is 1.43 Å². The van der Waals surface area contributed by atoms with Crippen molar-refractivity contribution >= 4 is 8.05 Å². The maximum absolute atomic E-state index is 8.58. The van der Waals surface area contributed by atoms with Gasteiger partial charge in [-0.2, -0.15) is 0 Å². The van der Waals surface area contributed by atoms with Crippen molar-refractivity contribution in [2.24, 2.45) is 5.34 Å². The Morgan fingerprint density at radius 3 is 2.20 bits per heavy atom. The molecule has 0 amide bonds. The zero-order valence-electron chi connectivity index (χ0n) is 3.84. The van der Waals surface area contributed by atoms with Crippen LogP contribution in [0.25, 0.3) is 0 Å². The molecule has 5 heteroatoms. The molecule has 3 nitrogen and oxygen atoms in total. The molecule has 0 fully saturated rings. The van der Waals surface area contributed by atoms with Gasteiger partial charge in [0.15, 0.2) is 0 Å². The summed E-state index contributed by atoms with van der Waals surface area (Å²) in [6.45, 7) is 0. The summed E-state index contributed by atoms with van der Waals surface area (Å²) < 4.78 is 3.11. The second-order valence-corrected chi connectivity index (χ2v) is 0.180. The SMILES string of the molecule is [B]ON=O.[H-].[Li+]. The molecule has 0 aromatic carbocycles. The van der Waals surface area contributed by atoms with Gasteiger partial charge in [0.25, 0.3) is 0 Å². The fourth-order valence-corrected chi connectivity index (χ4v) is 0. The number of rotatable bonds is 1. The van der Waals surface area contributed by atoms with E-state index >= 15 is 0 Å². The zero-order chi connectivity index (χ0) is 3.41. The van der Waals surface area contributed by atoms with Gasteiger partial charge >= 0.3 is 26.9 Å². The van der Waals surface area contributed by atoms with Crippen molar-refractivity contribution in [3.8, 4) is 0 Å². The van der Waals surface area contributed by atoms with E-state index in [0.29, 0.717) is 0 Å². The van der Waals surface area contributed by atoms with Crippen molar-refractivity contribution in [2.75, 3.05) is 0 Å². The molecule has 0 N–H and O–H groups in total. The number of hydrogen-bond acceptors (Lipinski definition) is 3. The second-order valence-electron chi connectivity index (χ2n) is 0.180. The van der Waals surface area contributed by atoms with Crippen LogP contribution < -0.4 is 18.9 Å². The van der Waals surface area contributed by atoms with Crippen LogP contribution >= 0.6 is 0 Å². The van der Waals surface area contributed by atoms with E-state index in [4.69, 9.17) is 4.91 Å². The van der Waals surface area contributed by atoms with Crippen LogP contribution in [0, 0.1) is 4.91 Å². The molecule has 0 aromatic heterocycles.